The second kappa shape index (κ2) is 9.52. The number of rotatable bonds is 9. The van der Waals surface area contributed by atoms with Crippen molar-refractivity contribution in [2.45, 2.75) is 19.9 Å². The monoisotopic (exact) mass is 428 g/mol. The average Bonchev–Trinajstić information content (AvgIpc) is 3.37. The lowest BCUT2D eigenvalue weighted by atomic mass is 10.3. The molecule has 0 radical (unpaired) electrons. The van der Waals surface area contributed by atoms with E-state index in [2.05, 4.69) is 15.5 Å². The number of nitrogens with one attached hydrogen (secondary N) is 1. The minimum absolute atomic E-state index is 0.0598. The fraction of sp³-hybridized carbons (Fsp3) is 0.263. The molecular weight excluding hydrogens is 408 g/mol. The number of benzene rings is 1. The molecule has 162 valence electrons. The summed E-state index contributed by atoms with van der Waals surface area (Å²) in [6.07, 6.45) is 2.44. The van der Waals surface area contributed by atoms with Crippen LogP contribution in [0.2, 0.25) is 0 Å². The van der Waals surface area contributed by atoms with Crippen LogP contribution in [-0.4, -0.2) is 50.1 Å². The molecule has 0 aliphatic carbocycles. The molecule has 12 heteroatoms. The van der Waals surface area contributed by atoms with Crippen molar-refractivity contribution in [3.8, 4) is 11.6 Å². The Morgan fingerprint density at radius 3 is 2.61 bits per heavy atom. The van der Waals surface area contributed by atoms with Crippen molar-refractivity contribution in [3.05, 3.63) is 58.4 Å². The van der Waals surface area contributed by atoms with Crippen molar-refractivity contribution < 1.29 is 24.0 Å². The standard InChI is InChI=1S/C19H20N6O6/c1-3-31-19(27)14-11-20-24(13-7-5-4-6-8-13)17(14)21-16(26)9-10-23-12-15(25(28)29)18(22-23)30-2/h4-8,11-12H,3,9-10H2,1-2H3,(H,21,26). The summed E-state index contributed by atoms with van der Waals surface area (Å²) in [4.78, 5) is 35.3. The first kappa shape index (κ1) is 21.5. The van der Waals surface area contributed by atoms with Crippen LogP contribution in [-0.2, 0) is 16.1 Å². The number of para-hydroxylation sites is 1. The summed E-state index contributed by atoms with van der Waals surface area (Å²) >= 11 is 0. The highest BCUT2D eigenvalue weighted by Crippen LogP contribution is 2.24. The molecule has 0 saturated heterocycles. The number of anilines is 1. The van der Waals surface area contributed by atoms with Gasteiger partial charge >= 0.3 is 17.5 Å². The molecule has 1 amide bonds. The second-order valence-corrected chi connectivity index (χ2v) is 6.22. The zero-order chi connectivity index (χ0) is 22.4. The molecule has 2 heterocycles. The minimum atomic E-state index is -0.619. The van der Waals surface area contributed by atoms with Gasteiger partial charge in [0.1, 0.15) is 11.8 Å². The molecule has 0 saturated carbocycles. The lowest BCUT2D eigenvalue weighted by Crippen LogP contribution is -2.19. The maximum atomic E-state index is 12.6. The first-order valence-electron chi connectivity index (χ1n) is 9.30. The number of nitrogens with zero attached hydrogens (tertiary/aromatic N) is 5. The first-order valence-corrected chi connectivity index (χ1v) is 9.30. The number of methoxy groups -OCH3 is 1. The van der Waals surface area contributed by atoms with Crippen molar-refractivity contribution in [3.63, 3.8) is 0 Å². The summed E-state index contributed by atoms with van der Waals surface area (Å²) in [5.41, 5.74) is 0.450. The number of hydrogen-bond donors (Lipinski definition) is 1. The third-order valence-corrected chi connectivity index (χ3v) is 4.19. The van der Waals surface area contributed by atoms with Crippen molar-refractivity contribution in [2.24, 2.45) is 0 Å². The van der Waals surface area contributed by atoms with E-state index in [1.165, 1.54) is 28.9 Å². The largest absolute Gasteiger partial charge is 0.475 e. The van der Waals surface area contributed by atoms with Crippen molar-refractivity contribution in [2.75, 3.05) is 19.0 Å². The van der Waals surface area contributed by atoms with E-state index in [0.29, 0.717) is 5.69 Å². The molecule has 0 aliphatic heterocycles. The number of aryl methyl sites for hydroxylation is 1. The van der Waals surface area contributed by atoms with Gasteiger partial charge in [-0.1, -0.05) is 18.2 Å². The zero-order valence-electron chi connectivity index (χ0n) is 16.8. The van der Waals surface area contributed by atoms with Crippen molar-refractivity contribution >= 4 is 23.4 Å². The van der Waals surface area contributed by atoms with Gasteiger partial charge in [-0.25, -0.2) is 9.48 Å². The molecule has 0 fully saturated rings. The molecule has 0 atom stereocenters. The molecular formula is C19H20N6O6. The third-order valence-electron chi connectivity index (χ3n) is 4.19. The van der Waals surface area contributed by atoms with Crippen LogP contribution in [0.4, 0.5) is 11.5 Å². The fourth-order valence-electron chi connectivity index (χ4n) is 2.78. The number of amides is 1. The summed E-state index contributed by atoms with van der Waals surface area (Å²) in [7, 11) is 1.27. The van der Waals surface area contributed by atoms with Crippen molar-refractivity contribution in [1.29, 1.82) is 0 Å². The number of carbonyl (C=O) groups excluding carboxylic acids is 2. The zero-order valence-corrected chi connectivity index (χ0v) is 16.8. The van der Waals surface area contributed by atoms with Crippen LogP contribution in [0.25, 0.3) is 5.69 Å². The Bertz CT molecular complexity index is 1090. The molecule has 1 aromatic carbocycles. The van der Waals surface area contributed by atoms with E-state index in [4.69, 9.17) is 9.47 Å². The highest BCUT2D eigenvalue weighted by Gasteiger charge is 2.23. The number of aromatic nitrogens is 4. The summed E-state index contributed by atoms with van der Waals surface area (Å²) in [5, 5.41) is 21.8. The van der Waals surface area contributed by atoms with Crippen molar-refractivity contribution in [1.82, 2.24) is 19.6 Å². The van der Waals surface area contributed by atoms with Crippen LogP contribution < -0.4 is 10.1 Å². The number of carbonyl (C=O) groups is 2. The van der Waals surface area contributed by atoms with Gasteiger partial charge in [-0.05, 0) is 19.1 Å². The van der Waals surface area contributed by atoms with Gasteiger partial charge in [0.15, 0.2) is 5.82 Å². The van der Waals surface area contributed by atoms with Gasteiger partial charge in [-0.3, -0.25) is 19.6 Å². The predicted octanol–water partition coefficient (Wildman–Crippen LogP) is 2.19. The van der Waals surface area contributed by atoms with E-state index in [0.717, 1.165) is 0 Å². The Morgan fingerprint density at radius 1 is 1.26 bits per heavy atom. The van der Waals surface area contributed by atoms with Crippen LogP contribution in [0.5, 0.6) is 5.88 Å². The van der Waals surface area contributed by atoms with Gasteiger partial charge in [-0.15, -0.1) is 5.10 Å². The Morgan fingerprint density at radius 2 is 2.00 bits per heavy atom. The molecule has 1 N–H and O–H groups in total. The van der Waals surface area contributed by atoms with Gasteiger partial charge in [0.05, 0.1) is 37.1 Å². The van der Waals surface area contributed by atoms with E-state index in [9.17, 15) is 19.7 Å². The van der Waals surface area contributed by atoms with Gasteiger partial charge < -0.3 is 14.8 Å². The lowest BCUT2D eigenvalue weighted by Gasteiger charge is -2.11. The normalized spacial score (nSPS) is 10.5. The molecule has 0 spiro atoms. The van der Waals surface area contributed by atoms with Gasteiger partial charge in [-0.2, -0.15) is 5.10 Å². The molecule has 12 nitrogen and oxygen atoms in total. The lowest BCUT2D eigenvalue weighted by molar-refractivity contribution is -0.385. The third kappa shape index (κ3) is 4.86. The Kier molecular flexibility index (Phi) is 6.60. The minimum Gasteiger partial charge on any atom is -0.475 e. The van der Waals surface area contributed by atoms with Crippen LogP contribution >= 0.6 is 0 Å². The van der Waals surface area contributed by atoms with Gasteiger partial charge in [0.25, 0.3) is 0 Å². The summed E-state index contributed by atoms with van der Waals surface area (Å²) in [6.45, 7) is 1.90. The molecule has 0 bridgehead atoms. The van der Waals surface area contributed by atoms with E-state index >= 15 is 0 Å². The number of esters is 1. The number of nitro groups is 1. The van der Waals surface area contributed by atoms with Crippen LogP contribution in [0.1, 0.15) is 23.7 Å². The topological polar surface area (TPSA) is 143 Å². The van der Waals surface area contributed by atoms with E-state index in [1.54, 1.807) is 31.2 Å². The Labute approximate surface area is 176 Å². The van der Waals surface area contributed by atoms with Crippen LogP contribution in [0.3, 0.4) is 0 Å². The SMILES string of the molecule is CCOC(=O)c1cnn(-c2ccccc2)c1NC(=O)CCn1cc([N+](=O)[O-])c(OC)n1. The Balaban J connectivity index is 1.79. The van der Waals surface area contributed by atoms with E-state index < -0.39 is 16.8 Å². The van der Waals surface area contributed by atoms with Crippen LogP contribution in [0.15, 0.2) is 42.7 Å². The van der Waals surface area contributed by atoms with E-state index in [-0.39, 0.29) is 42.5 Å². The molecule has 0 aliphatic rings. The molecule has 31 heavy (non-hydrogen) atoms. The molecule has 3 aromatic rings. The number of ether oxygens (including phenoxy) is 2. The summed E-state index contributed by atoms with van der Waals surface area (Å²) in [5.74, 6) is -1.04. The maximum absolute atomic E-state index is 12.6. The van der Waals surface area contributed by atoms with Crippen LogP contribution in [0, 0.1) is 10.1 Å². The average molecular weight is 428 g/mol. The second-order valence-electron chi connectivity index (χ2n) is 6.22. The quantitative estimate of drug-likeness (QED) is 0.310. The highest BCUT2D eigenvalue weighted by atomic mass is 16.6. The Hall–Kier alpha value is -4.22. The maximum Gasteiger partial charge on any atom is 0.350 e. The smallest absolute Gasteiger partial charge is 0.350 e. The molecule has 0 unspecified atom stereocenters. The van der Waals surface area contributed by atoms with Gasteiger partial charge in [0, 0.05) is 6.42 Å². The fourth-order valence-corrected chi connectivity index (χ4v) is 2.78. The van der Waals surface area contributed by atoms with E-state index in [1.807, 2.05) is 6.07 Å². The predicted molar refractivity (Wildman–Crippen MR) is 108 cm³/mol. The molecule has 2 aromatic heterocycles. The first-order chi connectivity index (χ1) is 14.9. The number of hydrogen-bond acceptors (Lipinski definition) is 8. The van der Waals surface area contributed by atoms with Gasteiger partial charge in [0.2, 0.25) is 5.91 Å². The molecule has 3 rings (SSSR count). The highest BCUT2D eigenvalue weighted by molar-refractivity contribution is 6.00. The summed E-state index contributed by atoms with van der Waals surface area (Å²) in [6, 6.07) is 8.96. The summed E-state index contributed by atoms with van der Waals surface area (Å²) < 4.78 is 12.6.